The Hall–Kier alpha value is -1.10. The summed E-state index contributed by atoms with van der Waals surface area (Å²) >= 11 is 6.06. The summed E-state index contributed by atoms with van der Waals surface area (Å²) in [7, 11) is 0. The lowest BCUT2D eigenvalue weighted by Crippen LogP contribution is -2.35. The van der Waals surface area contributed by atoms with Gasteiger partial charge in [-0.3, -0.25) is 9.69 Å². The standard InChI is InChI=1S/C14H19ClN2O2/c1-10-2-3-12(13(15)8-10)14(19)16-5-7-17-6-4-11(18)9-17/h2-3,11,18H,1,4-9H2,(H,16,19). The molecule has 0 aromatic heterocycles. The Morgan fingerprint density at radius 2 is 2.37 bits per heavy atom. The number of nitrogens with zero attached hydrogens (tertiary/aromatic N) is 1. The van der Waals surface area contributed by atoms with Crippen molar-refractivity contribution in [2.24, 2.45) is 0 Å². The highest BCUT2D eigenvalue weighted by molar-refractivity contribution is 6.32. The van der Waals surface area contributed by atoms with E-state index in [4.69, 9.17) is 11.6 Å². The van der Waals surface area contributed by atoms with Crippen molar-refractivity contribution in [2.75, 3.05) is 26.2 Å². The third-order valence-corrected chi connectivity index (χ3v) is 3.70. The summed E-state index contributed by atoms with van der Waals surface area (Å²) in [6.45, 7) is 6.71. The Morgan fingerprint density at radius 1 is 1.58 bits per heavy atom. The van der Waals surface area contributed by atoms with Crippen molar-refractivity contribution in [3.8, 4) is 0 Å². The number of rotatable bonds is 4. The molecule has 0 aromatic rings. The second-order valence-electron chi connectivity index (χ2n) is 4.99. The fourth-order valence-electron chi connectivity index (χ4n) is 2.28. The van der Waals surface area contributed by atoms with Gasteiger partial charge in [-0.2, -0.15) is 0 Å². The molecule has 1 heterocycles. The van der Waals surface area contributed by atoms with Gasteiger partial charge in [0.2, 0.25) is 0 Å². The zero-order valence-corrected chi connectivity index (χ0v) is 11.6. The number of carbonyl (C=O) groups excluding carboxylic acids is 1. The Balaban J connectivity index is 1.77. The van der Waals surface area contributed by atoms with Crippen molar-refractivity contribution in [1.29, 1.82) is 0 Å². The molecule has 0 bridgehead atoms. The van der Waals surface area contributed by atoms with Crippen LogP contribution in [0.5, 0.6) is 0 Å². The minimum atomic E-state index is -0.222. The Labute approximate surface area is 118 Å². The quantitative estimate of drug-likeness (QED) is 0.814. The third-order valence-electron chi connectivity index (χ3n) is 3.37. The van der Waals surface area contributed by atoms with Crippen molar-refractivity contribution in [1.82, 2.24) is 10.2 Å². The van der Waals surface area contributed by atoms with E-state index in [1.165, 1.54) is 0 Å². The number of hydrogen-bond donors (Lipinski definition) is 2. The molecular formula is C14H19ClN2O2. The van der Waals surface area contributed by atoms with Gasteiger partial charge in [0.15, 0.2) is 0 Å². The lowest BCUT2D eigenvalue weighted by Gasteiger charge is -2.16. The highest BCUT2D eigenvalue weighted by Crippen LogP contribution is 2.25. The molecule has 1 atom stereocenters. The predicted molar refractivity (Wildman–Crippen MR) is 75.8 cm³/mol. The van der Waals surface area contributed by atoms with Crippen LogP contribution in [0.3, 0.4) is 0 Å². The van der Waals surface area contributed by atoms with Gasteiger partial charge >= 0.3 is 0 Å². The topological polar surface area (TPSA) is 52.6 Å². The average Bonchev–Trinajstić information content (AvgIpc) is 2.75. The molecule has 0 aromatic carbocycles. The van der Waals surface area contributed by atoms with E-state index in [1.807, 2.05) is 6.08 Å². The van der Waals surface area contributed by atoms with E-state index in [0.29, 0.717) is 30.1 Å². The highest BCUT2D eigenvalue weighted by atomic mass is 35.5. The largest absolute Gasteiger partial charge is 0.392 e. The lowest BCUT2D eigenvalue weighted by atomic mass is 10.0. The molecule has 2 rings (SSSR count). The first-order valence-electron chi connectivity index (χ1n) is 6.49. The smallest absolute Gasteiger partial charge is 0.252 e. The number of nitrogens with one attached hydrogen (secondary N) is 1. The molecule has 104 valence electrons. The third kappa shape index (κ3) is 3.93. The summed E-state index contributed by atoms with van der Waals surface area (Å²) in [6, 6.07) is 0. The zero-order chi connectivity index (χ0) is 13.8. The number of aliphatic hydroxyl groups is 1. The molecule has 1 amide bonds. The molecule has 0 spiro atoms. The number of carbonyl (C=O) groups is 1. The highest BCUT2D eigenvalue weighted by Gasteiger charge is 2.20. The fraction of sp³-hybridized carbons (Fsp3) is 0.500. The van der Waals surface area contributed by atoms with Gasteiger partial charge in [0.1, 0.15) is 0 Å². The maximum atomic E-state index is 12.0. The molecule has 1 aliphatic heterocycles. The zero-order valence-electron chi connectivity index (χ0n) is 10.9. The molecule has 2 N–H and O–H groups in total. The summed E-state index contributed by atoms with van der Waals surface area (Å²) in [4.78, 5) is 14.1. The van der Waals surface area contributed by atoms with Crippen LogP contribution in [0.15, 0.2) is 34.9 Å². The molecule has 0 radical (unpaired) electrons. The van der Waals surface area contributed by atoms with Crippen molar-refractivity contribution < 1.29 is 9.90 Å². The van der Waals surface area contributed by atoms with E-state index in [0.717, 1.165) is 25.1 Å². The summed E-state index contributed by atoms with van der Waals surface area (Å²) in [5.74, 6) is -0.145. The van der Waals surface area contributed by atoms with Gasteiger partial charge in [0.05, 0.1) is 11.7 Å². The van der Waals surface area contributed by atoms with Crippen molar-refractivity contribution in [3.05, 3.63) is 34.9 Å². The normalized spacial score (nSPS) is 24.1. The van der Waals surface area contributed by atoms with E-state index < -0.39 is 0 Å². The van der Waals surface area contributed by atoms with E-state index in [9.17, 15) is 9.90 Å². The van der Waals surface area contributed by atoms with Gasteiger partial charge in [-0.15, -0.1) is 0 Å². The minimum absolute atomic E-state index is 0.145. The first-order chi connectivity index (χ1) is 9.06. The first kappa shape index (κ1) is 14.3. The fourth-order valence-corrected chi connectivity index (χ4v) is 2.60. The Bertz CT molecular complexity index is 443. The van der Waals surface area contributed by atoms with Crippen LogP contribution in [0.2, 0.25) is 0 Å². The second kappa shape index (κ2) is 6.37. The van der Waals surface area contributed by atoms with E-state index in [1.54, 1.807) is 6.08 Å². The Morgan fingerprint density at radius 3 is 3.00 bits per heavy atom. The molecule has 19 heavy (non-hydrogen) atoms. The number of β-amino-alcohol motifs (C(OH)–C–C–N with tert-alkyl or cyclic N) is 1. The van der Waals surface area contributed by atoms with Gasteiger partial charge < -0.3 is 10.4 Å². The number of likely N-dealkylation sites (tertiary alicyclic amines) is 1. The van der Waals surface area contributed by atoms with E-state index in [-0.39, 0.29) is 12.0 Å². The van der Waals surface area contributed by atoms with Crippen LogP contribution in [0.4, 0.5) is 0 Å². The monoisotopic (exact) mass is 282 g/mol. The second-order valence-corrected chi connectivity index (χ2v) is 5.44. The molecule has 1 aliphatic carbocycles. The number of aliphatic hydroxyl groups excluding tert-OH is 1. The summed E-state index contributed by atoms with van der Waals surface area (Å²) < 4.78 is 0. The SMILES string of the molecule is C=C1C=CC(C(=O)NCCN2CCC(O)C2)=C(Cl)C1. The molecule has 0 saturated carbocycles. The van der Waals surface area contributed by atoms with Crippen LogP contribution in [0.25, 0.3) is 0 Å². The van der Waals surface area contributed by atoms with Crippen LogP contribution in [-0.2, 0) is 4.79 Å². The molecule has 1 saturated heterocycles. The van der Waals surface area contributed by atoms with E-state index >= 15 is 0 Å². The van der Waals surface area contributed by atoms with Gasteiger partial charge in [-0.1, -0.05) is 24.3 Å². The maximum Gasteiger partial charge on any atom is 0.252 e. The van der Waals surface area contributed by atoms with Crippen LogP contribution < -0.4 is 5.32 Å². The van der Waals surface area contributed by atoms with Gasteiger partial charge in [-0.05, 0) is 18.1 Å². The number of halogens is 1. The maximum absolute atomic E-state index is 12.0. The number of hydrogen-bond acceptors (Lipinski definition) is 3. The van der Waals surface area contributed by atoms with Crippen molar-refractivity contribution in [2.45, 2.75) is 18.9 Å². The van der Waals surface area contributed by atoms with Crippen LogP contribution in [0.1, 0.15) is 12.8 Å². The van der Waals surface area contributed by atoms with Crippen molar-refractivity contribution in [3.63, 3.8) is 0 Å². The molecule has 5 heteroatoms. The molecule has 4 nitrogen and oxygen atoms in total. The average molecular weight is 283 g/mol. The summed E-state index contributed by atoms with van der Waals surface area (Å²) in [5.41, 5.74) is 1.43. The summed E-state index contributed by atoms with van der Waals surface area (Å²) in [6.07, 6.45) is 4.66. The van der Waals surface area contributed by atoms with Gasteiger partial charge in [-0.25, -0.2) is 0 Å². The summed E-state index contributed by atoms with van der Waals surface area (Å²) in [5, 5.41) is 12.8. The first-order valence-corrected chi connectivity index (χ1v) is 6.87. The molecule has 2 aliphatic rings. The van der Waals surface area contributed by atoms with Crippen molar-refractivity contribution >= 4 is 17.5 Å². The van der Waals surface area contributed by atoms with Gasteiger partial charge in [0.25, 0.3) is 5.91 Å². The van der Waals surface area contributed by atoms with E-state index in [2.05, 4.69) is 16.8 Å². The number of allylic oxidation sites excluding steroid dienone is 3. The van der Waals surface area contributed by atoms with Crippen LogP contribution in [-0.4, -0.2) is 48.2 Å². The minimum Gasteiger partial charge on any atom is -0.392 e. The molecule has 1 unspecified atom stereocenters. The van der Waals surface area contributed by atoms with Gasteiger partial charge in [0, 0.05) is 37.6 Å². The molecule has 1 fully saturated rings. The van der Waals surface area contributed by atoms with Crippen LogP contribution >= 0.6 is 11.6 Å². The number of amides is 1. The van der Waals surface area contributed by atoms with Crippen LogP contribution in [0, 0.1) is 0 Å². The Kier molecular flexibility index (Phi) is 4.80. The lowest BCUT2D eigenvalue weighted by molar-refractivity contribution is -0.117. The predicted octanol–water partition coefficient (Wildman–Crippen LogP) is 1.18. The molecular weight excluding hydrogens is 264 g/mol.